The maximum absolute atomic E-state index is 3.83. The molecule has 92 heavy (non-hydrogen) atoms. The van der Waals surface area contributed by atoms with Crippen LogP contribution in [0.1, 0.15) is 193 Å². The lowest BCUT2D eigenvalue weighted by Gasteiger charge is -2.37. The summed E-state index contributed by atoms with van der Waals surface area (Å²) in [6.45, 7) is 18.3. The molecule has 0 N–H and O–H groups in total. The van der Waals surface area contributed by atoms with Crippen molar-refractivity contribution in [1.29, 1.82) is 0 Å². The van der Waals surface area contributed by atoms with E-state index >= 15 is 0 Å². The molecule has 10 aromatic rings. The fourth-order valence-corrected chi connectivity index (χ4v) is 17.4. The summed E-state index contributed by atoms with van der Waals surface area (Å²) in [4.78, 5) is 5.12. The van der Waals surface area contributed by atoms with Crippen molar-refractivity contribution in [3.05, 3.63) is 292 Å². The van der Waals surface area contributed by atoms with Crippen LogP contribution in [0.3, 0.4) is 0 Å². The van der Waals surface area contributed by atoms with Gasteiger partial charge in [-0.25, -0.2) is 0 Å². The summed E-state index contributed by atoms with van der Waals surface area (Å²) in [5.41, 5.74) is 34.4. The molecular weight excluding hydrogens is 1240 g/mol. The molecule has 0 spiro atoms. The van der Waals surface area contributed by atoms with E-state index in [2.05, 4.69) is 291 Å². The van der Waals surface area contributed by atoms with Crippen LogP contribution >= 0.6 is 31.9 Å². The zero-order valence-corrected chi connectivity index (χ0v) is 59.0. The Morgan fingerprint density at radius 3 is 1.16 bits per heavy atom. The number of benzene rings is 10. The fraction of sp³-hybridized carbons (Fsp3) is 0.318. The molecular formula is C88H92Br2N2. The van der Waals surface area contributed by atoms with Gasteiger partial charge in [0.2, 0.25) is 0 Å². The number of unbranched alkanes of at least 4 members (excludes halogenated alkanes) is 9. The molecule has 3 aliphatic rings. The minimum Gasteiger partial charge on any atom is -0.310 e. The zero-order valence-electron chi connectivity index (χ0n) is 55.9. The van der Waals surface area contributed by atoms with Crippen LogP contribution in [0.2, 0.25) is 0 Å². The van der Waals surface area contributed by atoms with Crippen molar-refractivity contribution in [3.8, 4) is 22.3 Å². The Labute approximate surface area is 567 Å². The van der Waals surface area contributed by atoms with Crippen LogP contribution in [0.4, 0.5) is 34.1 Å². The van der Waals surface area contributed by atoms with E-state index in [1.807, 2.05) is 0 Å². The van der Waals surface area contributed by atoms with Gasteiger partial charge in [0.05, 0.1) is 11.4 Å². The van der Waals surface area contributed by atoms with Crippen molar-refractivity contribution in [2.45, 2.75) is 182 Å². The molecule has 0 aromatic heterocycles. The quantitative estimate of drug-likeness (QED) is 0.0526. The molecule has 0 bridgehead atoms. The number of anilines is 6. The SMILES string of the molecule is CCCCCCc1cc(CCCCCC)cc(C2(CCCCCCC3(c4ccc5c(c4)CC5)c4ccccc4-c4ccccc43)c3cc(N(c4ccc(Br)cc4)c4c(C)cc(C)cc4C)ccc3-c3ccc(N(c4ccc(Br)cc4)c4c(C)cc(C)cc4C)cc32)c1. The molecule has 0 unspecified atom stereocenters. The lowest BCUT2D eigenvalue weighted by molar-refractivity contribution is 0.479. The normalized spacial score (nSPS) is 13.7. The number of halogens is 2. The standard InChI is InChI=1S/C88H92Br2N2/c1-9-11-13-17-25-65-53-66(26-18-14-12-10-2)55-70(54-65)88(48-24-16-15-23-47-87(69-34-33-67-31-32-68(67)56-69)81-29-21-19-27-77(81)78-28-20-22-30-82(78)87)83-57-75(91(73-39-35-71(89)36-40-73)85-61(5)49-59(3)50-62(85)6)43-45-79(83)80-46-44-76(58-84(80)88)92(74-41-37-72(90)38-42-74)86-63(7)51-60(4)52-64(86)8/h19-22,27-30,33-46,49-58H,9-18,23-26,31-32,47-48H2,1-8H3. The molecule has 0 saturated heterocycles. The first kappa shape index (κ1) is 63.5. The van der Waals surface area contributed by atoms with Gasteiger partial charge >= 0.3 is 0 Å². The van der Waals surface area contributed by atoms with Gasteiger partial charge in [-0.1, -0.05) is 242 Å². The van der Waals surface area contributed by atoms with Crippen LogP contribution in [0.25, 0.3) is 22.3 Å². The number of nitrogens with zero attached hydrogens (tertiary/aromatic N) is 2. The second kappa shape index (κ2) is 27.4. The first-order valence-electron chi connectivity index (χ1n) is 34.8. The fourth-order valence-electron chi connectivity index (χ4n) is 16.9. The van der Waals surface area contributed by atoms with Gasteiger partial charge in [0.25, 0.3) is 0 Å². The van der Waals surface area contributed by atoms with Gasteiger partial charge in [0.15, 0.2) is 0 Å². The van der Waals surface area contributed by atoms with Crippen molar-refractivity contribution in [2.75, 3.05) is 9.80 Å². The number of hydrogen-bond acceptors (Lipinski definition) is 2. The lowest BCUT2D eigenvalue weighted by Crippen LogP contribution is -2.29. The molecule has 13 rings (SSSR count). The molecule has 10 aromatic carbocycles. The Morgan fingerprint density at radius 2 is 0.739 bits per heavy atom. The van der Waals surface area contributed by atoms with Crippen LogP contribution in [0, 0.1) is 41.5 Å². The number of hydrogen-bond donors (Lipinski definition) is 0. The van der Waals surface area contributed by atoms with Gasteiger partial charge < -0.3 is 9.80 Å². The molecule has 0 saturated carbocycles. The maximum atomic E-state index is 3.83. The highest BCUT2D eigenvalue weighted by Crippen LogP contribution is 2.60. The topological polar surface area (TPSA) is 6.48 Å². The van der Waals surface area contributed by atoms with E-state index in [9.17, 15) is 0 Å². The molecule has 0 heterocycles. The summed E-state index contributed by atoms with van der Waals surface area (Å²) in [6, 6.07) is 76.9. The molecule has 0 amide bonds. The Hall–Kier alpha value is -7.24. The molecule has 0 atom stereocenters. The Balaban J connectivity index is 0.995. The van der Waals surface area contributed by atoms with E-state index in [0.29, 0.717) is 0 Å². The third-order valence-electron chi connectivity index (χ3n) is 21.1. The average molecular weight is 1340 g/mol. The van der Waals surface area contributed by atoms with E-state index < -0.39 is 5.41 Å². The number of rotatable bonds is 25. The van der Waals surface area contributed by atoms with E-state index in [-0.39, 0.29) is 5.41 Å². The maximum Gasteiger partial charge on any atom is 0.0520 e. The largest absolute Gasteiger partial charge is 0.310 e. The molecule has 4 heteroatoms. The van der Waals surface area contributed by atoms with E-state index in [4.69, 9.17) is 0 Å². The van der Waals surface area contributed by atoms with Gasteiger partial charge in [-0.05, 0) is 266 Å². The third-order valence-corrected chi connectivity index (χ3v) is 22.1. The van der Waals surface area contributed by atoms with Crippen LogP contribution in [-0.2, 0) is 36.5 Å². The van der Waals surface area contributed by atoms with Gasteiger partial charge in [-0.15, -0.1) is 0 Å². The van der Waals surface area contributed by atoms with Gasteiger partial charge in [0.1, 0.15) is 0 Å². The smallest absolute Gasteiger partial charge is 0.0520 e. The first-order valence-corrected chi connectivity index (χ1v) is 36.4. The summed E-state index contributed by atoms with van der Waals surface area (Å²) in [7, 11) is 0. The summed E-state index contributed by atoms with van der Waals surface area (Å²) < 4.78 is 2.15. The van der Waals surface area contributed by atoms with E-state index in [0.717, 1.165) is 71.7 Å². The predicted molar refractivity (Wildman–Crippen MR) is 400 cm³/mol. The summed E-state index contributed by atoms with van der Waals surface area (Å²) in [5, 5.41) is 0. The molecule has 0 fully saturated rings. The van der Waals surface area contributed by atoms with Crippen LogP contribution in [-0.4, -0.2) is 0 Å². The highest BCUT2D eigenvalue weighted by molar-refractivity contribution is 9.10. The molecule has 0 radical (unpaired) electrons. The van der Waals surface area contributed by atoms with Crippen molar-refractivity contribution in [3.63, 3.8) is 0 Å². The summed E-state index contributed by atoms with van der Waals surface area (Å²) >= 11 is 7.65. The Bertz CT molecular complexity index is 4040. The Morgan fingerprint density at radius 1 is 0.337 bits per heavy atom. The monoisotopic (exact) mass is 1330 g/mol. The molecule has 3 aliphatic carbocycles. The summed E-state index contributed by atoms with van der Waals surface area (Å²) in [5.74, 6) is 0. The third kappa shape index (κ3) is 12.1. The van der Waals surface area contributed by atoms with Crippen LogP contribution < -0.4 is 9.80 Å². The van der Waals surface area contributed by atoms with Crippen molar-refractivity contribution >= 4 is 66.0 Å². The van der Waals surface area contributed by atoms with Crippen LogP contribution in [0.15, 0.2) is 203 Å². The van der Waals surface area contributed by atoms with Crippen LogP contribution in [0.5, 0.6) is 0 Å². The average Bonchev–Trinajstić information content (AvgIpc) is 1.54. The summed E-state index contributed by atoms with van der Waals surface area (Å²) in [6.07, 6.45) is 21.1. The lowest BCUT2D eigenvalue weighted by atomic mass is 9.67. The molecule has 468 valence electrons. The number of fused-ring (bicyclic) bond motifs is 7. The zero-order chi connectivity index (χ0) is 63.7. The number of aryl methyl sites for hydroxylation is 10. The first-order chi connectivity index (χ1) is 44.8. The Kier molecular flexibility index (Phi) is 18.9. The van der Waals surface area contributed by atoms with E-state index in [1.165, 1.54) is 193 Å². The van der Waals surface area contributed by atoms with Crippen molar-refractivity contribution in [2.24, 2.45) is 0 Å². The van der Waals surface area contributed by atoms with Crippen molar-refractivity contribution in [1.82, 2.24) is 0 Å². The highest BCUT2D eigenvalue weighted by atomic mass is 79.9. The van der Waals surface area contributed by atoms with E-state index in [1.54, 1.807) is 5.56 Å². The van der Waals surface area contributed by atoms with Gasteiger partial charge in [0, 0.05) is 42.5 Å². The molecule has 0 aliphatic heterocycles. The molecule has 2 nitrogen and oxygen atoms in total. The van der Waals surface area contributed by atoms with Crippen molar-refractivity contribution < 1.29 is 0 Å². The van der Waals surface area contributed by atoms with Gasteiger partial charge in [-0.3, -0.25) is 0 Å². The second-order valence-electron chi connectivity index (χ2n) is 27.5. The van der Waals surface area contributed by atoms with Gasteiger partial charge in [-0.2, -0.15) is 0 Å². The second-order valence-corrected chi connectivity index (χ2v) is 29.4. The minimum atomic E-state index is -0.490. The predicted octanol–water partition coefficient (Wildman–Crippen LogP) is 26.0. The highest BCUT2D eigenvalue weighted by Gasteiger charge is 2.47. The minimum absolute atomic E-state index is 0.190.